The van der Waals surface area contributed by atoms with Crippen LogP contribution in [0.3, 0.4) is 0 Å². The third-order valence-electron chi connectivity index (χ3n) is 3.44. The van der Waals surface area contributed by atoms with Crippen molar-refractivity contribution in [3.63, 3.8) is 0 Å². The Labute approximate surface area is 135 Å². The molecule has 0 saturated heterocycles. The van der Waals surface area contributed by atoms with Gasteiger partial charge in [-0.3, -0.25) is 4.98 Å². The van der Waals surface area contributed by atoms with Crippen molar-refractivity contribution in [2.45, 2.75) is 6.10 Å². The maximum Gasteiger partial charge on any atom is 0.123 e. The van der Waals surface area contributed by atoms with Crippen LogP contribution in [0, 0.1) is 5.82 Å². The smallest absolute Gasteiger partial charge is 0.123 e. The molecular formula is C17H14BrFN2O. The Balaban J connectivity index is 1.81. The van der Waals surface area contributed by atoms with Crippen molar-refractivity contribution in [1.82, 2.24) is 4.98 Å². The number of anilines is 1. The van der Waals surface area contributed by atoms with Crippen molar-refractivity contribution in [1.29, 1.82) is 0 Å². The van der Waals surface area contributed by atoms with Crippen molar-refractivity contribution in [2.75, 3.05) is 11.9 Å². The van der Waals surface area contributed by atoms with Crippen LogP contribution < -0.4 is 5.32 Å². The van der Waals surface area contributed by atoms with Crippen molar-refractivity contribution < 1.29 is 9.50 Å². The predicted octanol–water partition coefficient (Wildman–Crippen LogP) is 4.28. The third-order valence-corrected chi connectivity index (χ3v) is 4.08. The summed E-state index contributed by atoms with van der Waals surface area (Å²) < 4.78 is 14.1. The van der Waals surface area contributed by atoms with Gasteiger partial charge in [-0.2, -0.15) is 0 Å². The zero-order chi connectivity index (χ0) is 15.5. The maximum atomic E-state index is 13.2. The van der Waals surface area contributed by atoms with Gasteiger partial charge in [-0.15, -0.1) is 0 Å². The van der Waals surface area contributed by atoms with E-state index >= 15 is 0 Å². The van der Waals surface area contributed by atoms with E-state index in [0.717, 1.165) is 21.1 Å². The van der Waals surface area contributed by atoms with Crippen LogP contribution in [0.5, 0.6) is 0 Å². The van der Waals surface area contributed by atoms with E-state index in [4.69, 9.17) is 0 Å². The summed E-state index contributed by atoms with van der Waals surface area (Å²) in [6.45, 7) is 0.287. The molecule has 5 heteroatoms. The molecule has 1 aromatic heterocycles. The van der Waals surface area contributed by atoms with Gasteiger partial charge in [-0.25, -0.2) is 4.39 Å². The van der Waals surface area contributed by atoms with Gasteiger partial charge in [0.2, 0.25) is 0 Å². The zero-order valence-corrected chi connectivity index (χ0v) is 13.2. The molecule has 0 fully saturated rings. The number of rotatable bonds is 4. The number of halogens is 2. The number of pyridine rings is 1. The number of nitrogens with zero attached hydrogens (tertiary/aromatic N) is 1. The van der Waals surface area contributed by atoms with Crippen molar-refractivity contribution in [3.8, 4) is 0 Å². The fraction of sp³-hybridized carbons (Fsp3) is 0.118. The Morgan fingerprint density at radius 2 is 2.00 bits per heavy atom. The number of nitrogens with one attached hydrogen (secondary N) is 1. The molecule has 112 valence electrons. The van der Waals surface area contributed by atoms with Gasteiger partial charge in [0.1, 0.15) is 5.82 Å². The fourth-order valence-corrected chi connectivity index (χ4v) is 2.80. The highest BCUT2D eigenvalue weighted by Crippen LogP contribution is 2.27. The van der Waals surface area contributed by atoms with Crippen molar-refractivity contribution >= 4 is 32.5 Å². The van der Waals surface area contributed by atoms with Crippen molar-refractivity contribution in [3.05, 3.63) is 70.6 Å². The molecule has 0 spiro atoms. The number of hydrogen-bond donors (Lipinski definition) is 2. The van der Waals surface area contributed by atoms with Crippen LogP contribution >= 0.6 is 15.9 Å². The summed E-state index contributed by atoms with van der Waals surface area (Å²) >= 11 is 3.47. The number of hydrogen-bond acceptors (Lipinski definition) is 3. The Morgan fingerprint density at radius 3 is 2.82 bits per heavy atom. The zero-order valence-electron chi connectivity index (χ0n) is 11.6. The topological polar surface area (TPSA) is 45.1 Å². The first-order valence-corrected chi connectivity index (χ1v) is 7.65. The van der Waals surface area contributed by atoms with Gasteiger partial charge in [0.05, 0.1) is 11.6 Å². The molecule has 0 amide bonds. The standard InChI is InChI=1S/C17H14BrFN2O/c18-14-6-2-5-13-15(7-8-20-17(13)14)21-10-16(22)11-3-1-4-12(19)9-11/h1-9,16,22H,10H2,(H,20,21). The number of aliphatic hydroxyl groups excluding tert-OH is 1. The molecule has 22 heavy (non-hydrogen) atoms. The van der Waals surface area contributed by atoms with Crippen LogP contribution in [0.15, 0.2) is 59.2 Å². The molecule has 0 aliphatic carbocycles. The lowest BCUT2D eigenvalue weighted by Gasteiger charge is -2.15. The van der Waals surface area contributed by atoms with Crippen LogP contribution in [0.1, 0.15) is 11.7 Å². The summed E-state index contributed by atoms with van der Waals surface area (Å²) in [4.78, 5) is 4.34. The average Bonchev–Trinajstić information content (AvgIpc) is 2.53. The van der Waals surface area contributed by atoms with Gasteiger partial charge in [0.25, 0.3) is 0 Å². The molecule has 3 aromatic rings. The molecule has 0 saturated carbocycles. The van der Waals surface area contributed by atoms with E-state index < -0.39 is 6.10 Å². The monoisotopic (exact) mass is 360 g/mol. The van der Waals surface area contributed by atoms with Crippen LogP contribution in [0.2, 0.25) is 0 Å². The second-order valence-electron chi connectivity index (χ2n) is 4.95. The molecular weight excluding hydrogens is 347 g/mol. The van der Waals surface area contributed by atoms with E-state index in [2.05, 4.69) is 26.2 Å². The van der Waals surface area contributed by atoms with Crippen LogP contribution in [0.25, 0.3) is 10.9 Å². The lowest BCUT2D eigenvalue weighted by Crippen LogP contribution is -2.12. The van der Waals surface area contributed by atoms with Crippen LogP contribution in [0.4, 0.5) is 10.1 Å². The maximum absolute atomic E-state index is 13.2. The molecule has 1 atom stereocenters. The van der Waals surface area contributed by atoms with E-state index in [9.17, 15) is 9.50 Å². The number of fused-ring (bicyclic) bond motifs is 1. The summed E-state index contributed by atoms with van der Waals surface area (Å²) in [5.74, 6) is -0.352. The molecule has 3 rings (SSSR count). The highest BCUT2D eigenvalue weighted by atomic mass is 79.9. The Bertz CT molecular complexity index is 810. The van der Waals surface area contributed by atoms with E-state index in [0.29, 0.717) is 5.56 Å². The van der Waals surface area contributed by atoms with E-state index in [1.54, 1.807) is 18.3 Å². The second-order valence-corrected chi connectivity index (χ2v) is 5.80. The molecule has 0 bridgehead atoms. The minimum absolute atomic E-state index is 0.287. The van der Waals surface area contributed by atoms with E-state index in [1.165, 1.54) is 12.1 Å². The van der Waals surface area contributed by atoms with Gasteiger partial charge in [0.15, 0.2) is 0 Å². The quantitative estimate of drug-likeness (QED) is 0.729. The van der Waals surface area contributed by atoms with Gasteiger partial charge in [-0.05, 0) is 45.8 Å². The van der Waals surface area contributed by atoms with Crippen LogP contribution in [-0.4, -0.2) is 16.6 Å². The molecule has 0 aliphatic rings. The lowest BCUT2D eigenvalue weighted by atomic mass is 10.1. The second kappa shape index (κ2) is 6.42. The highest BCUT2D eigenvalue weighted by Gasteiger charge is 2.10. The van der Waals surface area contributed by atoms with Gasteiger partial charge < -0.3 is 10.4 Å². The SMILES string of the molecule is OC(CNc1ccnc2c(Br)cccc12)c1cccc(F)c1. The van der Waals surface area contributed by atoms with Crippen LogP contribution in [-0.2, 0) is 0 Å². The summed E-state index contributed by atoms with van der Waals surface area (Å²) in [7, 11) is 0. The molecule has 0 aliphatic heterocycles. The minimum atomic E-state index is -0.786. The first-order valence-electron chi connectivity index (χ1n) is 6.86. The molecule has 1 heterocycles. The Morgan fingerprint density at radius 1 is 1.18 bits per heavy atom. The summed E-state index contributed by atoms with van der Waals surface area (Å²) in [6.07, 6.45) is 0.926. The van der Waals surface area contributed by atoms with Gasteiger partial charge in [-0.1, -0.05) is 24.3 Å². The largest absolute Gasteiger partial charge is 0.387 e. The highest BCUT2D eigenvalue weighted by molar-refractivity contribution is 9.10. The minimum Gasteiger partial charge on any atom is -0.387 e. The molecule has 2 N–H and O–H groups in total. The normalized spacial score (nSPS) is 12.3. The fourth-order valence-electron chi connectivity index (χ4n) is 2.33. The molecule has 0 radical (unpaired) electrons. The number of aliphatic hydroxyl groups is 1. The third kappa shape index (κ3) is 3.10. The number of para-hydroxylation sites is 1. The summed E-state index contributed by atoms with van der Waals surface area (Å²) in [5, 5.41) is 14.3. The van der Waals surface area contributed by atoms with Crippen molar-refractivity contribution in [2.24, 2.45) is 0 Å². The van der Waals surface area contributed by atoms with E-state index in [-0.39, 0.29) is 12.4 Å². The first-order chi connectivity index (χ1) is 10.6. The molecule has 3 nitrogen and oxygen atoms in total. The number of aromatic nitrogens is 1. The Hall–Kier alpha value is -1.98. The predicted molar refractivity (Wildman–Crippen MR) is 89.3 cm³/mol. The molecule has 2 aromatic carbocycles. The first kappa shape index (κ1) is 14.9. The lowest BCUT2D eigenvalue weighted by molar-refractivity contribution is 0.191. The number of benzene rings is 2. The summed E-state index contributed by atoms with van der Waals surface area (Å²) in [6, 6.07) is 13.7. The van der Waals surface area contributed by atoms with Gasteiger partial charge in [0, 0.05) is 28.3 Å². The molecule has 1 unspecified atom stereocenters. The summed E-state index contributed by atoms with van der Waals surface area (Å²) in [5.41, 5.74) is 2.28. The van der Waals surface area contributed by atoms with E-state index in [1.807, 2.05) is 24.3 Å². The van der Waals surface area contributed by atoms with Gasteiger partial charge >= 0.3 is 0 Å². The Kier molecular flexibility index (Phi) is 4.36. The average molecular weight is 361 g/mol.